The summed E-state index contributed by atoms with van der Waals surface area (Å²) in [6.45, 7) is 3.88. The Morgan fingerprint density at radius 3 is 2.92 bits per heavy atom. The fraction of sp³-hybridized carbons (Fsp3) is 0.250. The molecule has 62 valence electrons. The molecule has 4 heteroatoms. The summed E-state index contributed by atoms with van der Waals surface area (Å²) in [6, 6.07) is 1.95. The van der Waals surface area contributed by atoms with Crippen LogP contribution < -0.4 is 5.73 Å². The van der Waals surface area contributed by atoms with Gasteiger partial charge in [-0.15, -0.1) is 0 Å². The Balaban J connectivity index is 2.93. The number of nitrogens with two attached hydrogens (primary N) is 1. The lowest BCUT2D eigenvalue weighted by atomic mass is 10.2. The molecule has 2 heterocycles. The van der Waals surface area contributed by atoms with Gasteiger partial charge in [0.25, 0.3) is 0 Å². The van der Waals surface area contributed by atoms with E-state index in [1.54, 1.807) is 0 Å². The van der Waals surface area contributed by atoms with Crippen molar-refractivity contribution in [2.75, 3.05) is 5.73 Å². The average Bonchev–Trinajstić information content (AvgIpc) is 2.31. The fourth-order valence-electron chi connectivity index (χ4n) is 1.33. The highest BCUT2D eigenvalue weighted by atomic mass is 16.5. The summed E-state index contributed by atoms with van der Waals surface area (Å²) in [4.78, 5) is 4.17. The van der Waals surface area contributed by atoms with Crippen molar-refractivity contribution < 1.29 is 4.52 Å². The van der Waals surface area contributed by atoms with Crippen LogP contribution in [0.15, 0.2) is 10.6 Å². The van der Waals surface area contributed by atoms with Crippen molar-refractivity contribution in [1.29, 1.82) is 0 Å². The van der Waals surface area contributed by atoms with Crippen molar-refractivity contribution in [1.82, 2.24) is 10.1 Å². The monoisotopic (exact) mass is 163 g/mol. The first-order valence-corrected chi connectivity index (χ1v) is 3.67. The number of anilines is 1. The largest absolute Gasteiger partial charge is 0.367 e. The number of aryl methyl sites for hydroxylation is 2. The predicted octanol–water partition coefficient (Wildman–Crippen LogP) is 1.42. The van der Waals surface area contributed by atoms with Crippen LogP contribution in [0.5, 0.6) is 0 Å². The standard InChI is InChI=1S/C8H9N3O/c1-4-3-5(2)10-8-6(4)7(9)12-11-8/h3H,9H2,1-2H3. The molecule has 2 N–H and O–H groups in total. The van der Waals surface area contributed by atoms with Gasteiger partial charge in [0.05, 0.1) is 5.39 Å². The van der Waals surface area contributed by atoms with Crippen LogP contribution in [0, 0.1) is 13.8 Å². The van der Waals surface area contributed by atoms with E-state index in [0.29, 0.717) is 11.5 Å². The molecule has 0 aromatic carbocycles. The lowest BCUT2D eigenvalue weighted by Gasteiger charge is -1.95. The van der Waals surface area contributed by atoms with Gasteiger partial charge in [0, 0.05) is 5.69 Å². The fourth-order valence-corrected chi connectivity index (χ4v) is 1.33. The zero-order chi connectivity index (χ0) is 8.72. The van der Waals surface area contributed by atoms with E-state index in [0.717, 1.165) is 16.6 Å². The van der Waals surface area contributed by atoms with E-state index in [1.807, 2.05) is 19.9 Å². The van der Waals surface area contributed by atoms with Crippen LogP contribution >= 0.6 is 0 Å². The van der Waals surface area contributed by atoms with Gasteiger partial charge in [-0.2, -0.15) is 0 Å². The molecule has 2 aromatic rings. The van der Waals surface area contributed by atoms with Gasteiger partial charge in [-0.25, -0.2) is 4.98 Å². The zero-order valence-corrected chi connectivity index (χ0v) is 6.96. The second-order valence-corrected chi connectivity index (χ2v) is 2.83. The van der Waals surface area contributed by atoms with Gasteiger partial charge in [-0.3, -0.25) is 0 Å². The number of aromatic nitrogens is 2. The maximum atomic E-state index is 5.56. The SMILES string of the molecule is Cc1cc(C)c2c(N)onc2n1. The van der Waals surface area contributed by atoms with Crippen molar-refractivity contribution in [3.63, 3.8) is 0 Å². The zero-order valence-electron chi connectivity index (χ0n) is 6.96. The van der Waals surface area contributed by atoms with Crippen molar-refractivity contribution in [3.8, 4) is 0 Å². The van der Waals surface area contributed by atoms with Crippen LogP contribution in [0.25, 0.3) is 11.0 Å². The number of nitrogens with zero attached hydrogens (tertiary/aromatic N) is 2. The van der Waals surface area contributed by atoms with E-state index in [9.17, 15) is 0 Å². The van der Waals surface area contributed by atoms with Crippen molar-refractivity contribution >= 4 is 16.9 Å². The number of hydrogen-bond acceptors (Lipinski definition) is 4. The van der Waals surface area contributed by atoms with Gasteiger partial charge in [0.1, 0.15) is 0 Å². The summed E-state index contributed by atoms with van der Waals surface area (Å²) in [5.41, 5.74) is 8.12. The van der Waals surface area contributed by atoms with Gasteiger partial charge < -0.3 is 10.3 Å². The van der Waals surface area contributed by atoms with Crippen LogP contribution in [0.3, 0.4) is 0 Å². The van der Waals surface area contributed by atoms with Crippen LogP contribution in [0.1, 0.15) is 11.3 Å². The van der Waals surface area contributed by atoms with Crippen molar-refractivity contribution in [2.45, 2.75) is 13.8 Å². The Morgan fingerprint density at radius 2 is 2.17 bits per heavy atom. The molecule has 0 amide bonds. The topological polar surface area (TPSA) is 64.9 Å². The number of pyridine rings is 1. The first kappa shape index (κ1) is 7.09. The highest BCUT2D eigenvalue weighted by molar-refractivity contribution is 5.87. The van der Waals surface area contributed by atoms with Gasteiger partial charge >= 0.3 is 0 Å². The highest BCUT2D eigenvalue weighted by Gasteiger charge is 2.08. The maximum absolute atomic E-state index is 5.56. The quantitative estimate of drug-likeness (QED) is 0.637. The van der Waals surface area contributed by atoms with E-state index in [4.69, 9.17) is 10.3 Å². The van der Waals surface area contributed by atoms with Crippen LogP contribution in [0.4, 0.5) is 5.88 Å². The van der Waals surface area contributed by atoms with E-state index < -0.39 is 0 Å². The second kappa shape index (κ2) is 2.20. The van der Waals surface area contributed by atoms with E-state index in [2.05, 4.69) is 10.1 Å². The van der Waals surface area contributed by atoms with Crippen LogP contribution in [0.2, 0.25) is 0 Å². The third kappa shape index (κ3) is 0.845. The molecule has 0 saturated heterocycles. The lowest BCUT2D eigenvalue weighted by molar-refractivity contribution is 0.443. The molecule has 0 fully saturated rings. The molecule has 0 unspecified atom stereocenters. The summed E-state index contributed by atoms with van der Waals surface area (Å²) >= 11 is 0. The summed E-state index contributed by atoms with van der Waals surface area (Å²) in [5, 5.41) is 4.55. The minimum atomic E-state index is 0.343. The molecule has 0 saturated carbocycles. The van der Waals surface area contributed by atoms with Crippen LogP contribution in [-0.2, 0) is 0 Å². The first-order chi connectivity index (χ1) is 5.68. The molecular weight excluding hydrogens is 154 g/mol. The molecule has 0 spiro atoms. The molecule has 2 aromatic heterocycles. The van der Waals surface area contributed by atoms with E-state index >= 15 is 0 Å². The Labute approximate surface area is 69.4 Å². The molecule has 0 aliphatic rings. The molecule has 0 radical (unpaired) electrons. The van der Waals surface area contributed by atoms with E-state index in [1.165, 1.54) is 0 Å². The summed E-state index contributed by atoms with van der Waals surface area (Å²) < 4.78 is 4.82. The van der Waals surface area contributed by atoms with Gasteiger partial charge in [-0.05, 0) is 25.5 Å². The summed E-state index contributed by atoms with van der Waals surface area (Å²) in [5.74, 6) is 0.343. The third-order valence-corrected chi connectivity index (χ3v) is 1.80. The molecule has 12 heavy (non-hydrogen) atoms. The molecule has 4 nitrogen and oxygen atoms in total. The maximum Gasteiger partial charge on any atom is 0.232 e. The lowest BCUT2D eigenvalue weighted by Crippen LogP contribution is -1.87. The molecule has 2 rings (SSSR count). The smallest absolute Gasteiger partial charge is 0.232 e. The number of hydrogen-bond donors (Lipinski definition) is 1. The molecular formula is C8H9N3O. The Morgan fingerprint density at radius 1 is 1.42 bits per heavy atom. The summed E-state index contributed by atoms with van der Waals surface area (Å²) in [7, 11) is 0. The Hall–Kier alpha value is -1.58. The molecule has 0 aliphatic carbocycles. The average molecular weight is 163 g/mol. The predicted molar refractivity (Wildman–Crippen MR) is 45.7 cm³/mol. The highest BCUT2D eigenvalue weighted by Crippen LogP contribution is 2.22. The van der Waals surface area contributed by atoms with Gasteiger partial charge in [0.15, 0.2) is 0 Å². The van der Waals surface area contributed by atoms with Crippen molar-refractivity contribution in [2.24, 2.45) is 0 Å². The molecule has 0 bridgehead atoms. The van der Waals surface area contributed by atoms with Crippen LogP contribution in [-0.4, -0.2) is 10.1 Å². The first-order valence-electron chi connectivity index (χ1n) is 3.67. The van der Waals surface area contributed by atoms with Gasteiger partial charge in [-0.1, -0.05) is 5.16 Å². The van der Waals surface area contributed by atoms with Crippen molar-refractivity contribution in [3.05, 3.63) is 17.3 Å². The normalized spacial score (nSPS) is 10.8. The Bertz CT molecular complexity index is 433. The minimum Gasteiger partial charge on any atom is -0.367 e. The third-order valence-electron chi connectivity index (χ3n) is 1.80. The summed E-state index contributed by atoms with van der Waals surface area (Å²) in [6.07, 6.45) is 0. The van der Waals surface area contributed by atoms with E-state index in [-0.39, 0.29) is 0 Å². The Kier molecular flexibility index (Phi) is 1.30. The second-order valence-electron chi connectivity index (χ2n) is 2.83. The number of rotatable bonds is 0. The molecule has 0 aliphatic heterocycles. The number of nitrogen functional groups attached to an aromatic ring is 1. The van der Waals surface area contributed by atoms with Gasteiger partial charge in [0.2, 0.25) is 11.5 Å². The number of fused-ring (bicyclic) bond motifs is 1. The molecule has 0 atom stereocenters. The minimum absolute atomic E-state index is 0.343.